The summed E-state index contributed by atoms with van der Waals surface area (Å²) in [5, 5.41) is 19.5. The van der Waals surface area contributed by atoms with E-state index in [9.17, 15) is 14.9 Å². The van der Waals surface area contributed by atoms with Gasteiger partial charge in [0, 0.05) is 5.92 Å². The van der Waals surface area contributed by atoms with Crippen molar-refractivity contribution in [3.8, 4) is 12.1 Å². The molecule has 2 heterocycles. The van der Waals surface area contributed by atoms with Crippen LogP contribution in [0.3, 0.4) is 0 Å². The summed E-state index contributed by atoms with van der Waals surface area (Å²) < 4.78 is 24.7. The van der Waals surface area contributed by atoms with Gasteiger partial charge in [-0.1, -0.05) is 12.1 Å². The minimum absolute atomic E-state index is 0.00714. The Hall–Kier alpha value is -2.48. The van der Waals surface area contributed by atoms with E-state index in [2.05, 4.69) is 17.1 Å². The number of aliphatic imine (C=N–C) groups is 1. The smallest absolute Gasteiger partial charge is 0.293 e. The van der Waals surface area contributed by atoms with E-state index in [1.165, 1.54) is 18.2 Å². The monoisotopic (exact) mass is 298 g/mol. The molecule has 1 saturated carbocycles. The summed E-state index contributed by atoms with van der Waals surface area (Å²) >= 11 is 0. The lowest BCUT2D eigenvalue weighted by Crippen LogP contribution is -2.38. The number of benzene rings is 1. The van der Waals surface area contributed by atoms with Crippen molar-refractivity contribution in [3.63, 3.8) is 0 Å². The molecule has 2 aliphatic heterocycles. The number of nitrogens with two attached hydrogens (primary N) is 1. The minimum atomic E-state index is -1.57. The summed E-state index contributed by atoms with van der Waals surface area (Å²) in [4.78, 5) is 4.15. The number of hydrogen-bond donors (Lipinski definition) is 1. The number of ether oxygens (including phenoxy) is 2. The Kier molecular flexibility index (Phi) is 2.30. The third-order valence-corrected chi connectivity index (χ3v) is 4.79. The second-order valence-corrected chi connectivity index (χ2v) is 5.60. The minimum Gasteiger partial charge on any atom is -0.386 e. The highest BCUT2D eigenvalue weighted by Crippen LogP contribution is 2.82. The predicted octanol–water partition coefficient (Wildman–Crippen LogP) is 1.01. The number of fused-ring (bicyclic) bond motifs is 2. The predicted molar refractivity (Wildman–Crippen MR) is 71.5 cm³/mol. The van der Waals surface area contributed by atoms with Gasteiger partial charge in [-0.2, -0.15) is 10.5 Å². The molecule has 3 atom stereocenters. The molecule has 6 nitrogen and oxygen atoms in total. The Labute approximate surface area is 125 Å². The Bertz CT molecular complexity index is 789. The second kappa shape index (κ2) is 3.83. The number of hydrogen-bond acceptors (Lipinski definition) is 6. The van der Waals surface area contributed by atoms with E-state index in [1.807, 2.05) is 0 Å². The zero-order chi connectivity index (χ0) is 15.6. The first-order valence-corrected chi connectivity index (χ1v) is 6.80. The SMILES string of the molecule is N#CC12C(N)=NC3(OCCO3)C1(C#N)C2c1cccc(F)c1. The van der Waals surface area contributed by atoms with Crippen molar-refractivity contribution in [2.24, 2.45) is 21.6 Å². The molecule has 2 fully saturated rings. The summed E-state index contributed by atoms with van der Waals surface area (Å²) in [6.45, 7) is 0.523. The topological polar surface area (TPSA) is 104 Å². The zero-order valence-corrected chi connectivity index (χ0v) is 11.4. The van der Waals surface area contributed by atoms with Gasteiger partial charge in [-0.05, 0) is 17.7 Å². The first-order chi connectivity index (χ1) is 10.6. The third-order valence-electron chi connectivity index (χ3n) is 4.79. The fourth-order valence-corrected chi connectivity index (χ4v) is 3.90. The van der Waals surface area contributed by atoms with Gasteiger partial charge in [-0.3, -0.25) is 0 Å². The van der Waals surface area contributed by atoms with E-state index < -0.39 is 28.5 Å². The Morgan fingerprint density at radius 2 is 2.00 bits per heavy atom. The first kappa shape index (κ1) is 13.2. The maximum Gasteiger partial charge on any atom is 0.293 e. The molecule has 0 aromatic heterocycles. The Balaban J connectivity index is 1.94. The summed E-state index contributed by atoms with van der Waals surface area (Å²) in [6.07, 6.45) is 0. The normalized spacial score (nSPS) is 37.2. The maximum atomic E-state index is 13.6. The van der Waals surface area contributed by atoms with Gasteiger partial charge >= 0.3 is 0 Å². The molecule has 22 heavy (non-hydrogen) atoms. The van der Waals surface area contributed by atoms with E-state index in [1.54, 1.807) is 6.07 Å². The summed E-state index contributed by atoms with van der Waals surface area (Å²) in [5.74, 6) is -2.64. The largest absolute Gasteiger partial charge is 0.386 e. The molecule has 7 heteroatoms. The standard InChI is InChI=1S/C15H11FN4O2/c16-10-3-1-2-9(6-10)11-13(7-17)12(19)20-15(14(11,13)8-18)21-4-5-22-15/h1-3,6,11H,4-5H2,(H2,19,20). The molecule has 1 aliphatic carbocycles. The van der Waals surface area contributed by atoms with Crippen molar-refractivity contribution < 1.29 is 13.9 Å². The van der Waals surface area contributed by atoms with Crippen molar-refractivity contribution in [1.82, 2.24) is 0 Å². The van der Waals surface area contributed by atoms with Crippen LogP contribution in [0.2, 0.25) is 0 Å². The van der Waals surface area contributed by atoms with Gasteiger partial charge in [-0.15, -0.1) is 0 Å². The average Bonchev–Trinajstić information content (AvgIpc) is 2.77. The lowest BCUT2D eigenvalue weighted by molar-refractivity contribution is -0.184. The van der Waals surface area contributed by atoms with Gasteiger partial charge in [0.05, 0.1) is 25.4 Å². The van der Waals surface area contributed by atoms with Crippen LogP contribution < -0.4 is 5.73 Å². The molecule has 0 amide bonds. The van der Waals surface area contributed by atoms with Crippen LogP contribution in [0, 0.1) is 39.3 Å². The zero-order valence-electron chi connectivity index (χ0n) is 11.4. The van der Waals surface area contributed by atoms with Crippen LogP contribution >= 0.6 is 0 Å². The van der Waals surface area contributed by atoms with E-state index in [4.69, 9.17) is 15.2 Å². The van der Waals surface area contributed by atoms with Crippen molar-refractivity contribution in [3.05, 3.63) is 35.6 Å². The molecule has 2 N–H and O–H groups in total. The molecular weight excluding hydrogens is 287 g/mol. The van der Waals surface area contributed by atoms with Crippen LogP contribution in [0.1, 0.15) is 11.5 Å². The van der Waals surface area contributed by atoms with Crippen LogP contribution in [0.25, 0.3) is 0 Å². The van der Waals surface area contributed by atoms with Crippen LogP contribution in [0.15, 0.2) is 29.3 Å². The fraction of sp³-hybridized carbons (Fsp3) is 0.400. The van der Waals surface area contributed by atoms with Gasteiger partial charge in [0.25, 0.3) is 5.91 Å². The quantitative estimate of drug-likeness (QED) is 0.833. The summed E-state index contributed by atoms with van der Waals surface area (Å²) in [7, 11) is 0. The van der Waals surface area contributed by atoms with Gasteiger partial charge in [0.2, 0.25) is 0 Å². The summed E-state index contributed by atoms with van der Waals surface area (Å²) in [6, 6.07) is 10.1. The molecule has 3 unspecified atom stereocenters. The van der Waals surface area contributed by atoms with E-state index in [0.29, 0.717) is 5.56 Å². The molecule has 0 radical (unpaired) electrons. The number of rotatable bonds is 1. The maximum absolute atomic E-state index is 13.6. The molecule has 1 spiro atoms. The third kappa shape index (κ3) is 1.11. The summed E-state index contributed by atoms with van der Waals surface area (Å²) in [5.41, 5.74) is 3.75. The van der Waals surface area contributed by atoms with Crippen molar-refractivity contribution >= 4 is 5.84 Å². The van der Waals surface area contributed by atoms with Gasteiger partial charge in [0.15, 0.2) is 5.41 Å². The van der Waals surface area contributed by atoms with Gasteiger partial charge in [0.1, 0.15) is 17.1 Å². The second-order valence-electron chi connectivity index (χ2n) is 5.60. The highest BCUT2D eigenvalue weighted by atomic mass is 19.1. The van der Waals surface area contributed by atoms with Gasteiger partial charge < -0.3 is 15.2 Å². The molecule has 110 valence electrons. The average molecular weight is 298 g/mol. The molecular formula is C15H11FN4O2. The molecule has 1 saturated heterocycles. The molecule has 1 aromatic rings. The lowest BCUT2D eigenvalue weighted by Gasteiger charge is -2.25. The highest BCUT2D eigenvalue weighted by molar-refractivity contribution is 6.00. The van der Waals surface area contributed by atoms with E-state index in [-0.39, 0.29) is 19.0 Å². The van der Waals surface area contributed by atoms with Crippen LogP contribution in [-0.2, 0) is 9.47 Å². The Morgan fingerprint density at radius 3 is 2.59 bits per heavy atom. The van der Waals surface area contributed by atoms with Crippen LogP contribution in [0.5, 0.6) is 0 Å². The van der Waals surface area contributed by atoms with Gasteiger partial charge in [-0.25, -0.2) is 9.38 Å². The lowest BCUT2D eigenvalue weighted by atomic mass is 9.94. The number of amidine groups is 1. The highest BCUT2D eigenvalue weighted by Gasteiger charge is 2.94. The first-order valence-electron chi connectivity index (χ1n) is 6.80. The van der Waals surface area contributed by atoms with Crippen molar-refractivity contribution in [2.75, 3.05) is 13.2 Å². The number of nitrogens with zero attached hydrogens (tertiary/aromatic N) is 3. The van der Waals surface area contributed by atoms with E-state index in [0.717, 1.165) is 0 Å². The van der Waals surface area contributed by atoms with Crippen molar-refractivity contribution in [2.45, 2.75) is 11.8 Å². The van der Waals surface area contributed by atoms with Crippen LogP contribution in [0.4, 0.5) is 4.39 Å². The fourth-order valence-electron chi connectivity index (χ4n) is 3.90. The van der Waals surface area contributed by atoms with E-state index >= 15 is 0 Å². The molecule has 4 rings (SSSR count). The number of nitriles is 2. The molecule has 3 aliphatic rings. The van der Waals surface area contributed by atoms with Crippen LogP contribution in [-0.4, -0.2) is 25.0 Å². The molecule has 1 aromatic carbocycles. The molecule has 0 bridgehead atoms. The van der Waals surface area contributed by atoms with Crippen molar-refractivity contribution in [1.29, 1.82) is 10.5 Å². The Morgan fingerprint density at radius 1 is 1.27 bits per heavy atom. The number of halogens is 1.